The third-order valence-electron chi connectivity index (χ3n) is 5.08. The fourth-order valence-electron chi connectivity index (χ4n) is 3.37. The van der Waals surface area contributed by atoms with Crippen LogP contribution in [0.15, 0.2) is 116 Å². The van der Waals surface area contributed by atoms with Crippen LogP contribution in [0.3, 0.4) is 0 Å². The van der Waals surface area contributed by atoms with Crippen molar-refractivity contribution in [3.05, 3.63) is 121 Å². The minimum Gasteiger partial charge on any atom is -0.438 e. The molecule has 2 aromatic heterocycles. The molecule has 0 aliphatic carbocycles. The molecule has 0 saturated carbocycles. The molecule has 0 unspecified atom stereocenters. The van der Waals surface area contributed by atoms with Gasteiger partial charge in [-0.15, -0.1) is 10.2 Å². The van der Waals surface area contributed by atoms with Crippen molar-refractivity contribution in [2.75, 3.05) is 5.32 Å². The Hall–Kier alpha value is -4.71. The zero-order valence-electron chi connectivity index (χ0n) is 17.6. The van der Waals surface area contributed by atoms with Gasteiger partial charge in [-0.05, 0) is 65.7 Å². The molecule has 0 radical (unpaired) electrons. The summed E-state index contributed by atoms with van der Waals surface area (Å²) in [5.41, 5.74) is 3.45. The van der Waals surface area contributed by atoms with Gasteiger partial charge in [0.25, 0.3) is 5.91 Å². The third kappa shape index (κ3) is 4.80. The molecule has 1 amide bonds. The van der Waals surface area contributed by atoms with Gasteiger partial charge in [0.1, 0.15) is 5.75 Å². The van der Waals surface area contributed by atoms with Crippen LogP contribution in [0, 0.1) is 0 Å². The number of nitrogens with one attached hydrogen (secondary N) is 1. The summed E-state index contributed by atoms with van der Waals surface area (Å²) >= 11 is 0. The van der Waals surface area contributed by atoms with Crippen molar-refractivity contribution in [2.45, 2.75) is 0 Å². The maximum Gasteiger partial charge on any atom is 0.255 e. The Balaban J connectivity index is 1.20. The van der Waals surface area contributed by atoms with Crippen molar-refractivity contribution in [3.8, 4) is 28.6 Å². The second kappa shape index (κ2) is 9.20. The van der Waals surface area contributed by atoms with Crippen LogP contribution in [-0.4, -0.2) is 20.7 Å². The average molecular weight is 432 g/mol. The topological polar surface area (TPSA) is 69.0 Å². The van der Waals surface area contributed by atoms with Crippen LogP contribution in [0.1, 0.15) is 10.4 Å². The zero-order valence-corrected chi connectivity index (χ0v) is 17.6. The van der Waals surface area contributed by atoms with E-state index in [9.17, 15) is 4.79 Å². The van der Waals surface area contributed by atoms with Crippen molar-refractivity contribution in [1.82, 2.24) is 14.8 Å². The molecule has 6 nitrogen and oxygen atoms in total. The first-order valence-electron chi connectivity index (χ1n) is 10.5. The van der Waals surface area contributed by atoms with Crippen LogP contribution >= 0.6 is 0 Å². The molecular weight excluding hydrogens is 412 g/mol. The highest BCUT2D eigenvalue weighted by Crippen LogP contribution is 2.23. The van der Waals surface area contributed by atoms with Gasteiger partial charge in [-0.1, -0.05) is 42.5 Å². The number of ether oxygens (including phenoxy) is 1. The van der Waals surface area contributed by atoms with Gasteiger partial charge in [0.2, 0.25) is 5.88 Å². The highest BCUT2D eigenvalue weighted by atomic mass is 16.5. The number of carbonyl (C=O) groups is 1. The fourth-order valence-corrected chi connectivity index (χ4v) is 3.37. The van der Waals surface area contributed by atoms with E-state index in [0.29, 0.717) is 28.7 Å². The largest absolute Gasteiger partial charge is 0.438 e. The van der Waals surface area contributed by atoms with E-state index < -0.39 is 0 Å². The van der Waals surface area contributed by atoms with Gasteiger partial charge >= 0.3 is 0 Å². The Bertz CT molecular complexity index is 1330. The summed E-state index contributed by atoms with van der Waals surface area (Å²) in [6, 6.07) is 32.2. The van der Waals surface area contributed by atoms with Crippen LogP contribution in [0.25, 0.3) is 16.9 Å². The zero-order chi connectivity index (χ0) is 22.5. The average Bonchev–Trinajstić information content (AvgIpc) is 3.41. The van der Waals surface area contributed by atoms with E-state index in [-0.39, 0.29) is 5.91 Å². The summed E-state index contributed by atoms with van der Waals surface area (Å²) in [6.45, 7) is 0. The summed E-state index contributed by atoms with van der Waals surface area (Å²) in [5, 5.41) is 11.2. The van der Waals surface area contributed by atoms with Gasteiger partial charge in [-0.3, -0.25) is 4.79 Å². The number of hydrogen-bond donors (Lipinski definition) is 1. The van der Waals surface area contributed by atoms with Crippen molar-refractivity contribution >= 4 is 11.6 Å². The van der Waals surface area contributed by atoms with Gasteiger partial charge in [-0.2, -0.15) is 0 Å². The van der Waals surface area contributed by atoms with E-state index in [1.54, 1.807) is 30.3 Å². The highest BCUT2D eigenvalue weighted by Gasteiger charge is 2.08. The van der Waals surface area contributed by atoms with E-state index >= 15 is 0 Å². The standard InChI is InChI=1S/C27H20N4O2/c32-27(22-10-8-21(9-11-22)20-6-2-1-3-7-20)28-23-12-14-24(15-13-23)33-26-17-16-25(29-30-26)31-18-4-5-19-31/h1-19H,(H,28,32). The summed E-state index contributed by atoms with van der Waals surface area (Å²) in [5.74, 6) is 1.53. The number of carbonyl (C=O) groups excluding carboxylic acids is 1. The lowest BCUT2D eigenvalue weighted by molar-refractivity contribution is 0.102. The predicted molar refractivity (Wildman–Crippen MR) is 128 cm³/mol. The molecule has 0 spiro atoms. The maximum absolute atomic E-state index is 12.6. The van der Waals surface area contributed by atoms with Crippen LogP contribution in [0.4, 0.5) is 5.69 Å². The number of amides is 1. The van der Waals surface area contributed by atoms with Crippen molar-refractivity contribution in [1.29, 1.82) is 0 Å². The number of rotatable bonds is 6. The molecule has 160 valence electrons. The number of anilines is 1. The van der Waals surface area contributed by atoms with Crippen molar-refractivity contribution in [2.24, 2.45) is 0 Å². The first kappa shape index (κ1) is 20.2. The van der Waals surface area contributed by atoms with Crippen LogP contribution < -0.4 is 10.1 Å². The number of hydrogen-bond acceptors (Lipinski definition) is 4. The number of benzene rings is 3. The van der Waals surface area contributed by atoms with Gasteiger partial charge in [0.05, 0.1) is 0 Å². The van der Waals surface area contributed by atoms with Crippen molar-refractivity contribution < 1.29 is 9.53 Å². The molecule has 1 N–H and O–H groups in total. The summed E-state index contributed by atoms with van der Waals surface area (Å²) in [6.07, 6.45) is 3.80. The molecule has 0 fully saturated rings. The summed E-state index contributed by atoms with van der Waals surface area (Å²) in [4.78, 5) is 12.6. The SMILES string of the molecule is O=C(Nc1ccc(Oc2ccc(-n3cccc3)nn2)cc1)c1ccc(-c2ccccc2)cc1. The fraction of sp³-hybridized carbons (Fsp3) is 0. The molecular formula is C27H20N4O2. The molecule has 6 heteroatoms. The lowest BCUT2D eigenvalue weighted by Gasteiger charge is -2.09. The Kier molecular flexibility index (Phi) is 5.63. The molecule has 5 rings (SSSR count). The molecule has 3 aromatic carbocycles. The van der Waals surface area contributed by atoms with E-state index in [0.717, 1.165) is 11.1 Å². The summed E-state index contributed by atoms with van der Waals surface area (Å²) in [7, 11) is 0. The molecule has 5 aromatic rings. The smallest absolute Gasteiger partial charge is 0.255 e. The second-order valence-corrected chi connectivity index (χ2v) is 7.34. The Morgan fingerprint density at radius 2 is 1.39 bits per heavy atom. The lowest BCUT2D eigenvalue weighted by Crippen LogP contribution is -2.11. The first-order chi connectivity index (χ1) is 16.2. The Morgan fingerprint density at radius 1 is 0.697 bits per heavy atom. The summed E-state index contributed by atoms with van der Waals surface area (Å²) < 4.78 is 7.62. The minimum absolute atomic E-state index is 0.172. The molecule has 2 heterocycles. The molecule has 0 aliphatic rings. The third-order valence-corrected chi connectivity index (χ3v) is 5.08. The predicted octanol–water partition coefficient (Wildman–Crippen LogP) is 5.98. The van der Waals surface area contributed by atoms with Gasteiger partial charge < -0.3 is 14.6 Å². The van der Waals surface area contributed by atoms with E-state index in [2.05, 4.69) is 15.5 Å². The second-order valence-electron chi connectivity index (χ2n) is 7.34. The maximum atomic E-state index is 12.6. The van der Waals surface area contributed by atoms with Gasteiger partial charge in [-0.25, -0.2) is 0 Å². The van der Waals surface area contributed by atoms with Gasteiger partial charge in [0, 0.05) is 29.7 Å². The van der Waals surface area contributed by atoms with E-state index in [1.807, 2.05) is 89.8 Å². The molecule has 0 aliphatic heterocycles. The lowest BCUT2D eigenvalue weighted by atomic mass is 10.0. The molecule has 0 atom stereocenters. The molecule has 0 saturated heterocycles. The number of nitrogens with zero attached hydrogens (tertiary/aromatic N) is 3. The monoisotopic (exact) mass is 432 g/mol. The molecule has 0 bridgehead atoms. The van der Waals surface area contributed by atoms with Crippen molar-refractivity contribution in [3.63, 3.8) is 0 Å². The van der Waals surface area contributed by atoms with Gasteiger partial charge in [0.15, 0.2) is 5.82 Å². The number of aromatic nitrogens is 3. The van der Waals surface area contributed by atoms with Crippen LogP contribution in [-0.2, 0) is 0 Å². The minimum atomic E-state index is -0.172. The van der Waals surface area contributed by atoms with E-state index in [4.69, 9.17) is 4.74 Å². The van der Waals surface area contributed by atoms with Crippen LogP contribution in [0.2, 0.25) is 0 Å². The first-order valence-corrected chi connectivity index (χ1v) is 10.5. The Labute approximate surface area is 191 Å². The quantitative estimate of drug-likeness (QED) is 0.358. The van der Waals surface area contributed by atoms with E-state index in [1.165, 1.54) is 0 Å². The highest BCUT2D eigenvalue weighted by molar-refractivity contribution is 6.04. The molecule has 33 heavy (non-hydrogen) atoms. The normalized spacial score (nSPS) is 10.5. The van der Waals surface area contributed by atoms with Crippen LogP contribution in [0.5, 0.6) is 11.6 Å². The Morgan fingerprint density at radius 3 is 2.06 bits per heavy atom.